The third-order valence-electron chi connectivity index (χ3n) is 4.07. The van der Waals surface area contributed by atoms with Crippen LogP contribution in [-0.2, 0) is 0 Å². The number of benzene rings is 2. The smallest absolute Gasteiger partial charge is 0.142 e. The van der Waals surface area contributed by atoms with E-state index >= 15 is 0 Å². The van der Waals surface area contributed by atoms with Crippen molar-refractivity contribution < 1.29 is 4.39 Å². The molecule has 0 saturated carbocycles. The summed E-state index contributed by atoms with van der Waals surface area (Å²) >= 11 is 5.91. The van der Waals surface area contributed by atoms with Gasteiger partial charge in [0.15, 0.2) is 0 Å². The lowest BCUT2D eigenvalue weighted by atomic mass is 10.2. The maximum atomic E-state index is 13.7. The average molecular weight is 378 g/mol. The fraction of sp³-hybridized carbons (Fsp3) is 0.0500. The van der Waals surface area contributed by atoms with Crippen LogP contribution in [0.5, 0.6) is 0 Å². The molecule has 27 heavy (non-hydrogen) atoms. The number of fused-ring (bicyclic) bond motifs is 1. The van der Waals surface area contributed by atoms with Gasteiger partial charge in [0.25, 0.3) is 0 Å². The van der Waals surface area contributed by atoms with E-state index in [1.165, 1.54) is 12.1 Å². The summed E-state index contributed by atoms with van der Waals surface area (Å²) in [6, 6.07) is 17.0. The van der Waals surface area contributed by atoms with E-state index in [2.05, 4.69) is 21.4 Å². The number of hydrogen-bond donors (Lipinski definition) is 1. The molecule has 0 saturated heterocycles. The van der Waals surface area contributed by atoms with Crippen molar-refractivity contribution in [2.24, 2.45) is 0 Å². The van der Waals surface area contributed by atoms with Crippen LogP contribution in [0.4, 0.5) is 15.9 Å². The fourth-order valence-corrected chi connectivity index (χ4v) is 3.02. The molecular weight excluding hydrogens is 365 g/mol. The number of aryl methyl sites for hydroxylation is 1. The van der Waals surface area contributed by atoms with Crippen LogP contribution < -0.4 is 5.32 Å². The van der Waals surface area contributed by atoms with E-state index in [0.29, 0.717) is 39.1 Å². The number of hydrogen-bond acceptors (Lipinski definition) is 4. The van der Waals surface area contributed by atoms with Crippen LogP contribution >= 0.6 is 11.6 Å². The Labute approximate surface area is 159 Å². The Bertz CT molecular complexity index is 1190. The first-order valence-electron chi connectivity index (χ1n) is 8.13. The minimum absolute atomic E-state index is 0.361. The van der Waals surface area contributed by atoms with Crippen molar-refractivity contribution in [3.63, 3.8) is 0 Å². The van der Waals surface area contributed by atoms with Gasteiger partial charge in [-0.25, -0.2) is 14.4 Å². The van der Waals surface area contributed by atoms with Crippen molar-refractivity contribution in [3.05, 3.63) is 76.8 Å². The molecule has 0 atom stereocenters. The lowest BCUT2D eigenvalue weighted by Gasteiger charge is -2.11. The van der Waals surface area contributed by atoms with Gasteiger partial charge in [-0.3, -0.25) is 4.57 Å². The second-order valence-electron chi connectivity index (χ2n) is 5.97. The first kappa shape index (κ1) is 17.0. The molecule has 2 aromatic heterocycles. The Morgan fingerprint density at radius 2 is 1.85 bits per heavy atom. The minimum Gasteiger partial charge on any atom is -0.340 e. The van der Waals surface area contributed by atoms with Gasteiger partial charge in [-0.1, -0.05) is 11.6 Å². The lowest BCUT2D eigenvalue weighted by molar-refractivity contribution is 0.629. The molecule has 7 heteroatoms. The Kier molecular flexibility index (Phi) is 4.22. The number of pyridine rings is 1. The lowest BCUT2D eigenvalue weighted by Crippen LogP contribution is -2.04. The van der Waals surface area contributed by atoms with Gasteiger partial charge >= 0.3 is 0 Å². The van der Waals surface area contributed by atoms with Gasteiger partial charge in [0.05, 0.1) is 22.7 Å². The highest BCUT2D eigenvalue weighted by Gasteiger charge is 2.13. The molecule has 0 radical (unpaired) electrons. The summed E-state index contributed by atoms with van der Waals surface area (Å²) in [6.45, 7) is 1.81. The van der Waals surface area contributed by atoms with Crippen LogP contribution in [0, 0.1) is 24.1 Å². The maximum Gasteiger partial charge on any atom is 0.142 e. The van der Waals surface area contributed by atoms with E-state index in [9.17, 15) is 9.65 Å². The molecule has 0 fully saturated rings. The number of nitriles is 1. The molecule has 4 aromatic rings. The Balaban J connectivity index is 1.84. The molecule has 132 valence electrons. The second-order valence-corrected chi connectivity index (χ2v) is 6.41. The summed E-state index contributed by atoms with van der Waals surface area (Å²) in [4.78, 5) is 9.04. The number of rotatable bonds is 3. The fourth-order valence-electron chi connectivity index (χ4n) is 2.90. The van der Waals surface area contributed by atoms with Crippen molar-refractivity contribution in [1.82, 2.24) is 14.5 Å². The third-order valence-corrected chi connectivity index (χ3v) is 4.32. The average Bonchev–Trinajstić information content (AvgIpc) is 2.98. The Morgan fingerprint density at radius 3 is 2.59 bits per heavy atom. The van der Waals surface area contributed by atoms with E-state index in [0.717, 1.165) is 5.69 Å². The third kappa shape index (κ3) is 3.33. The van der Waals surface area contributed by atoms with Gasteiger partial charge < -0.3 is 5.32 Å². The number of halogens is 2. The summed E-state index contributed by atoms with van der Waals surface area (Å²) < 4.78 is 15.5. The van der Waals surface area contributed by atoms with Crippen molar-refractivity contribution >= 4 is 34.1 Å². The van der Waals surface area contributed by atoms with Gasteiger partial charge in [0, 0.05) is 16.8 Å². The summed E-state index contributed by atoms with van der Waals surface area (Å²) in [5, 5.41) is 13.2. The molecule has 0 unspecified atom stereocenters. The molecule has 5 nitrogen and oxygen atoms in total. The second kappa shape index (κ2) is 6.71. The molecule has 0 amide bonds. The number of nitrogens with zero attached hydrogens (tertiary/aromatic N) is 4. The molecule has 0 bridgehead atoms. The highest BCUT2D eigenvalue weighted by Crippen LogP contribution is 2.24. The first-order valence-corrected chi connectivity index (χ1v) is 8.51. The maximum absolute atomic E-state index is 13.7. The molecule has 0 aliphatic rings. The quantitative estimate of drug-likeness (QED) is 0.537. The molecule has 2 heterocycles. The number of anilines is 2. The Morgan fingerprint density at radius 1 is 1.07 bits per heavy atom. The first-order chi connectivity index (χ1) is 13.0. The van der Waals surface area contributed by atoms with Gasteiger partial charge in [-0.15, -0.1) is 0 Å². The number of aromatic nitrogens is 3. The number of imidazole rings is 1. The van der Waals surface area contributed by atoms with E-state index in [1.807, 2.05) is 19.1 Å². The van der Waals surface area contributed by atoms with Crippen LogP contribution in [0.2, 0.25) is 5.02 Å². The zero-order chi connectivity index (χ0) is 19.0. The van der Waals surface area contributed by atoms with E-state index in [-0.39, 0.29) is 5.82 Å². The Hall–Kier alpha value is -3.43. The summed E-state index contributed by atoms with van der Waals surface area (Å²) in [7, 11) is 0. The molecular formula is C20H13ClFN5. The van der Waals surface area contributed by atoms with Crippen molar-refractivity contribution in [1.29, 1.82) is 5.26 Å². The zero-order valence-electron chi connectivity index (χ0n) is 14.2. The molecule has 2 aromatic carbocycles. The van der Waals surface area contributed by atoms with Crippen LogP contribution in [-0.4, -0.2) is 14.5 Å². The summed E-state index contributed by atoms with van der Waals surface area (Å²) in [5.41, 5.74) is 2.46. The molecule has 1 N–H and O–H groups in total. The normalized spacial score (nSPS) is 10.7. The number of nitrogens with one attached hydrogen (secondary N) is 1. The van der Waals surface area contributed by atoms with Crippen LogP contribution in [0.15, 0.2) is 54.6 Å². The van der Waals surface area contributed by atoms with Gasteiger partial charge in [0.1, 0.15) is 23.3 Å². The summed E-state index contributed by atoms with van der Waals surface area (Å²) in [6.07, 6.45) is 0. The van der Waals surface area contributed by atoms with Crippen LogP contribution in [0.25, 0.3) is 16.9 Å². The highest BCUT2D eigenvalue weighted by atomic mass is 35.5. The van der Waals surface area contributed by atoms with Crippen LogP contribution in [0.3, 0.4) is 0 Å². The van der Waals surface area contributed by atoms with Crippen molar-refractivity contribution in [3.8, 4) is 11.9 Å². The van der Waals surface area contributed by atoms with Gasteiger partial charge in [0.2, 0.25) is 0 Å². The summed E-state index contributed by atoms with van der Waals surface area (Å²) in [5.74, 6) is 1.26. The van der Waals surface area contributed by atoms with Gasteiger partial charge in [-0.05, 0) is 55.5 Å². The van der Waals surface area contributed by atoms with Crippen molar-refractivity contribution in [2.75, 3.05) is 5.32 Å². The molecule has 0 spiro atoms. The van der Waals surface area contributed by atoms with Gasteiger partial charge in [-0.2, -0.15) is 5.26 Å². The monoisotopic (exact) mass is 377 g/mol. The molecule has 0 aliphatic carbocycles. The largest absolute Gasteiger partial charge is 0.340 e. The predicted octanol–water partition coefficient (Wildman–Crippen LogP) is 5.14. The van der Waals surface area contributed by atoms with Crippen molar-refractivity contribution in [2.45, 2.75) is 6.92 Å². The standard InChI is InChI=1S/C20H13ClFN5/c1-12-24-17-7-4-15(22)10-18(17)27(12)20-9-13(11-23)8-19(26-20)25-16-5-2-14(21)3-6-16/h2-10H,1H3,(H,25,26). The SMILES string of the molecule is Cc1nc2ccc(F)cc2n1-c1cc(C#N)cc(Nc2ccc(Cl)cc2)n1. The topological polar surface area (TPSA) is 66.5 Å². The zero-order valence-corrected chi connectivity index (χ0v) is 15.0. The molecule has 4 rings (SSSR count). The van der Waals surface area contributed by atoms with Crippen LogP contribution in [0.1, 0.15) is 11.4 Å². The van der Waals surface area contributed by atoms with E-state index in [4.69, 9.17) is 11.6 Å². The van der Waals surface area contributed by atoms with E-state index in [1.54, 1.807) is 34.9 Å². The van der Waals surface area contributed by atoms with E-state index < -0.39 is 0 Å². The highest BCUT2D eigenvalue weighted by molar-refractivity contribution is 6.30. The molecule has 0 aliphatic heterocycles. The minimum atomic E-state index is -0.361. The predicted molar refractivity (Wildman–Crippen MR) is 103 cm³/mol.